The zero-order valence-electron chi connectivity index (χ0n) is 9.88. The Kier molecular flexibility index (Phi) is 4.10. The maximum atomic E-state index is 12.8. The van der Waals surface area contributed by atoms with E-state index in [0.29, 0.717) is 0 Å². The van der Waals surface area contributed by atoms with Gasteiger partial charge in [0, 0.05) is 0 Å². The summed E-state index contributed by atoms with van der Waals surface area (Å²) in [6.45, 7) is 3.96. The number of alkyl halides is 2. The zero-order valence-corrected chi connectivity index (χ0v) is 9.88. The van der Waals surface area contributed by atoms with Crippen molar-refractivity contribution in [3.63, 3.8) is 0 Å². The van der Waals surface area contributed by atoms with Crippen molar-refractivity contribution in [1.82, 2.24) is 0 Å². The summed E-state index contributed by atoms with van der Waals surface area (Å²) in [5.41, 5.74) is 0.729. The van der Waals surface area contributed by atoms with Gasteiger partial charge in [-0.15, -0.1) is 0 Å². The van der Waals surface area contributed by atoms with Gasteiger partial charge in [0.25, 0.3) is 6.43 Å². The number of methoxy groups -OCH3 is 2. The molecule has 2 nitrogen and oxygen atoms in total. The molecule has 4 heteroatoms. The summed E-state index contributed by atoms with van der Waals surface area (Å²) in [6.07, 6.45) is -2.61. The molecule has 0 saturated carbocycles. The minimum atomic E-state index is -2.61. The second-order valence-corrected chi connectivity index (χ2v) is 3.79. The molecule has 0 aliphatic carbocycles. The molecule has 0 spiro atoms. The van der Waals surface area contributed by atoms with Gasteiger partial charge in [0.15, 0.2) is 0 Å². The van der Waals surface area contributed by atoms with E-state index in [1.807, 2.05) is 13.8 Å². The van der Waals surface area contributed by atoms with Crippen LogP contribution < -0.4 is 9.47 Å². The van der Waals surface area contributed by atoms with Gasteiger partial charge >= 0.3 is 0 Å². The van der Waals surface area contributed by atoms with Crippen LogP contribution in [0.5, 0.6) is 11.5 Å². The third kappa shape index (κ3) is 2.43. The summed E-state index contributed by atoms with van der Waals surface area (Å²) >= 11 is 0. The summed E-state index contributed by atoms with van der Waals surface area (Å²) in [7, 11) is 2.76. The van der Waals surface area contributed by atoms with Crippen molar-refractivity contribution < 1.29 is 18.3 Å². The molecule has 1 aromatic carbocycles. The van der Waals surface area contributed by atoms with Crippen LogP contribution in [0.25, 0.3) is 0 Å². The molecule has 0 atom stereocenters. The lowest BCUT2D eigenvalue weighted by Crippen LogP contribution is -2.00. The van der Waals surface area contributed by atoms with Gasteiger partial charge < -0.3 is 9.47 Å². The number of halogens is 2. The fraction of sp³-hybridized carbons (Fsp3) is 0.500. The number of benzene rings is 1. The Bertz CT molecular complexity index is 337. The maximum absolute atomic E-state index is 12.8. The van der Waals surface area contributed by atoms with Crippen LogP contribution in [-0.2, 0) is 0 Å². The molecule has 0 bridgehead atoms. The van der Waals surface area contributed by atoms with E-state index in [0.717, 1.165) is 5.56 Å². The van der Waals surface area contributed by atoms with Crippen molar-refractivity contribution in [2.75, 3.05) is 14.2 Å². The fourth-order valence-electron chi connectivity index (χ4n) is 1.51. The Morgan fingerprint density at radius 3 is 1.69 bits per heavy atom. The van der Waals surface area contributed by atoms with Gasteiger partial charge in [0.2, 0.25) is 0 Å². The molecule has 0 aliphatic rings. The number of hydrogen-bond donors (Lipinski definition) is 0. The van der Waals surface area contributed by atoms with E-state index in [4.69, 9.17) is 9.47 Å². The van der Waals surface area contributed by atoms with Crippen LogP contribution >= 0.6 is 0 Å². The number of rotatable bonds is 4. The molecular formula is C12H16F2O2. The van der Waals surface area contributed by atoms with Crippen molar-refractivity contribution in [3.8, 4) is 11.5 Å². The SMILES string of the molecule is COc1cc(C(C)C)cc(OC)c1C(F)F. The van der Waals surface area contributed by atoms with Gasteiger partial charge in [-0.2, -0.15) is 0 Å². The molecule has 0 heterocycles. The topological polar surface area (TPSA) is 18.5 Å². The van der Waals surface area contributed by atoms with Gasteiger partial charge in [-0.1, -0.05) is 13.8 Å². The molecular weight excluding hydrogens is 214 g/mol. The molecule has 1 rings (SSSR count). The van der Waals surface area contributed by atoms with Gasteiger partial charge in [-0.25, -0.2) is 8.78 Å². The molecule has 0 amide bonds. The molecule has 0 N–H and O–H groups in total. The summed E-state index contributed by atoms with van der Waals surface area (Å²) < 4.78 is 35.6. The fourth-order valence-corrected chi connectivity index (χ4v) is 1.51. The van der Waals surface area contributed by atoms with Crippen LogP contribution in [0.4, 0.5) is 8.78 Å². The first-order valence-electron chi connectivity index (χ1n) is 5.05. The highest BCUT2D eigenvalue weighted by atomic mass is 19.3. The van der Waals surface area contributed by atoms with Crippen LogP contribution in [0.3, 0.4) is 0 Å². The average molecular weight is 230 g/mol. The molecule has 16 heavy (non-hydrogen) atoms. The van der Waals surface area contributed by atoms with Gasteiger partial charge in [-0.05, 0) is 23.6 Å². The Labute approximate surface area is 94.2 Å². The first-order chi connectivity index (χ1) is 7.51. The monoisotopic (exact) mass is 230 g/mol. The van der Waals surface area contributed by atoms with Crippen LogP contribution in [0, 0.1) is 0 Å². The van der Waals surface area contributed by atoms with Crippen molar-refractivity contribution in [2.45, 2.75) is 26.2 Å². The normalized spacial score (nSPS) is 11.0. The molecule has 0 saturated heterocycles. The van der Waals surface area contributed by atoms with Crippen LogP contribution in [0.2, 0.25) is 0 Å². The van der Waals surface area contributed by atoms with Gasteiger partial charge in [-0.3, -0.25) is 0 Å². The third-order valence-corrected chi connectivity index (χ3v) is 2.45. The van der Waals surface area contributed by atoms with E-state index < -0.39 is 6.43 Å². The number of hydrogen-bond acceptors (Lipinski definition) is 2. The highest BCUT2D eigenvalue weighted by Gasteiger charge is 2.21. The Morgan fingerprint density at radius 2 is 1.44 bits per heavy atom. The third-order valence-electron chi connectivity index (χ3n) is 2.45. The molecule has 0 fully saturated rings. The molecule has 1 aromatic rings. The summed E-state index contributed by atoms with van der Waals surface area (Å²) in [4.78, 5) is 0. The van der Waals surface area contributed by atoms with E-state index in [-0.39, 0.29) is 23.0 Å². The van der Waals surface area contributed by atoms with Crippen molar-refractivity contribution in [1.29, 1.82) is 0 Å². The summed E-state index contributed by atoms with van der Waals surface area (Å²) in [5, 5.41) is 0. The molecule has 90 valence electrons. The summed E-state index contributed by atoms with van der Waals surface area (Å²) in [6, 6.07) is 3.27. The Hall–Kier alpha value is -1.32. The molecule has 0 aliphatic heterocycles. The maximum Gasteiger partial charge on any atom is 0.271 e. The Balaban J connectivity index is 3.37. The lowest BCUT2D eigenvalue weighted by Gasteiger charge is -2.16. The van der Waals surface area contributed by atoms with Crippen molar-refractivity contribution >= 4 is 0 Å². The van der Waals surface area contributed by atoms with Crippen LogP contribution in [0.15, 0.2) is 12.1 Å². The second kappa shape index (κ2) is 5.14. The minimum absolute atomic E-state index is 0.179. The van der Waals surface area contributed by atoms with E-state index in [9.17, 15) is 8.78 Å². The Morgan fingerprint density at radius 1 is 1.00 bits per heavy atom. The lowest BCUT2D eigenvalue weighted by atomic mass is 10.00. The van der Waals surface area contributed by atoms with E-state index in [1.165, 1.54) is 14.2 Å². The molecule has 0 unspecified atom stereocenters. The smallest absolute Gasteiger partial charge is 0.271 e. The van der Waals surface area contributed by atoms with Crippen LogP contribution in [0.1, 0.15) is 37.3 Å². The predicted molar refractivity (Wildman–Crippen MR) is 58.6 cm³/mol. The molecule has 0 aromatic heterocycles. The number of ether oxygens (including phenoxy) is 2. The second-order valence-electron chi connectivity index (χ2n) is 3.79. The zero-order chi connectivity index (χ0) is 12.3. The largest absolute Gasteiger partial charge is 0.496 e. The predicted octanol–water partition coefficient (Wildman–Crippen LogP) is 3.76. The van der Waals surface area contributed by atoms with E-state index in [1.54, 1.807) is 12.1 Å². The highest BCUT2D eigenvalue weighted by Crippen LogP contribution is 2.39. The van der Waals surface area contributed by atoms with Crippen LogP contribution in [-0.4, -0.2) is 14.2 Å². The van der Waals surface area contributed by atoms with Crippen molar-refractivity contribution in [2.24, 2.45) is 0 Å². The first kappa shape index (κ1) is 12.7. The standard InChI is InChI=1S/C12H16F2O2/c1-7(2)8-5-9(15-3)11(12(13)14)10(6-8)16-4/h5-7,12H,1-4H3. The summed E-state index contributed by atoms with van der Waals surface area (Å²) in [5.74, 6) is 0.589. The molecule has 0 radical (unpaired) electrons. The van der Waals surface area contributed by atoms with E-state index in [2.05, 4.69) is 0 Å². The van der Waals surface area contributed by atoms with Crippen molar-refractivity contribution in [3.05, 3.63) is 23.3 Å². The van der Waals surface area contributed by atoms with Gasteiger partial charge in [0.1, 0.15) is 17.1 Å². The minimum Gasteiger partial charge on any atom is -0.496 e. The van der Waals surface area contributed by atoms with Gasteiger partial charge in [0.05, 0.1) is 14.2 Å². The average Bonchev–Trinajstić information content (AvgIpc) is 2.26. The van der Waals surface area contributed by atoms with E-state index >= 15 is 0 Å². The first-order valence-corrected chi connectivity index (χ1v) is 5.05. The quantitative estimate of drug-likeness (QED) is 0.784. The highest BCUT2D eigenvalue weighted by molar-refractivity contribution is 5.49. The lowest BCUT2D eigenvalue weighted by molar-refractivity contribution is 0.142.